The minimum absolute atomic E-state index is 0.0170. The van der Waals surface area contributed by atoms with Crippen LogP contribution in [0.4, 0.5) is 11.4 Å². The lowest BCUT2D eigenvalue weighted by Gasteiger charge is -2.29. The molecule has 4 aromatic rings. The number of rotatable bonds is 6. The summed E-state index contributed by atoms with van der Waals surface area (Å²) in [4.78, 5) is 18.7. The van der Waals surface area contributed by atoms with Gasteiger partial charge in [0.25, 0.3) is 0 Å². The summed E-state index contributed by atoms with van der Waals surface area (Å²) in [7, 11) is 0. The first-order valence-electron chi connectivity index (χ1n) is 11.8. The van der Waals surface area contributed by atoms with Gasteiger partial charge in [-0.1, -0.05) is 30.7 Å². The van der Waals surface area contributed by atoms with E-state index in [4.69, 9.17) is 23.8 Å². The summed E-state index contributed by atoms with van der Waals surface area (Å²) < 4.78 is 2.14. The van der Waals surface area contributed by atoms with E-state index < -0.39 is 0 Å². The zero-order chi connectivity index (χ0) is 25.2. The van der Waals surface area contributed by atoms with Crippen LogP contribution in [0.3, 0.4) is 0 Å². The number of hydrogen-bond acceptors (Lipinski definition) is 3. The Labute approximate surface area is 220 Å². The Hall–Kier alpha value is -3.68. The molecule has 2 atom stereocenters. The number of anilines is 2. The molecule has 0 bridgehead atoms. The van der Waals surface area contributed by atoms with Crippen LogP contribution in [-0.2, 0) is 4.79 Å². The maximum Gasteiger partial charge on any atom is 0.224 e. The number of pyridine rings is 1. The smallest absolute Gasteiger partial charge is 0.224 e. The summed E-state index contributed by atoms with van der Waals surface area (Å²) in [6.07, 6.45) is 4.26. The number of carbonyl (C=O) groups is 1. The van der Waals surface area contributed by atoms with Gasteiger partial charge in [0.05, 0.1) is 11.7 Å². The fourth-order valence-electron chi connectivity index (χ4n) is 4.61. The molecule has 2 aromatic carbocycles. The molecular weight excluding hydrogens is 490 g/mol. The molecule has 8 heteroatoms. The minimum Gasteiger partial charge on any atom is -0.351 e. The fourth-order valence-corrected chi connectivity index (χ4v) is 5.14. The number of hydrogen-bond donors (Lipinski definition) is 2. The van der Waals surface area contributed by atoms with Crippen LogP contribution in [0, 0.1) is 6.92 Å². The first kappa shape index (κ1) is 24.0. The highest BCUT2D eigenvalue weighted by Gasteiger charge is 2.42. The third-order valence-corrected chi connectivity index (χ3v) is 6.90. The average Bonchev–Trinajstić information content (AvgIpc) is 3.50. The number of thiocarbonyl (C=S) groups is 1. The number of nitrogens with zero attached hydrogens (tertiary/aromatic N) is 3. The summed E-state index contributed by atoms with van der Waals surface area (Å²) >= 11 is 12.2. The Morgan fingerprint density at radius 1 is 1.08 bits per heavy atom. The van der Waals surface area contributed by atoms with Gasteiger partial charge in [-0.2, -0.15) is 0 Å². The van der Waals surface area contributed by atoms with Crippen LogP contribution in [0.5, 0.6) is 0 Å². The molecule has 1 aliphatic rings. The Morgan fingerprint density at radius 2 is 1.94 bits per heavy atom. The van der Waals surface area contributed by atoms with Crippen molar-refractivity contribution in [3.8, 4) is 5.69 Å². The fraction of sp³-hybridized carbons (Fsp3) is 0.179. The maximum atomic E-state index is 12.0. The predicted molar refractivity (Wildman–Crippen MR) is 149 cm³/mol. The molecule has 1 fully saturated rings. The van der Waals surface area contributed by atoms with Gasteiger partial charge in [-0.15, -0.1) is 0 Å². The Morgan fingerprint density at radius 3 is 2.67 bits per heavy atom. The number of aromatic nitrogens is 2. The van der Waals surface area contributed by atoms with Crippen LogP contribution >= 0.6 is 23.8 Å². The molecule has 6 nitrogen and oxygen atoms in total. The molecule has 1 saturated heterocycles. The van der Waals surface area contributed by atoms with Crippen molar-refractivity contribution in [2.75, 3.05) is 10.2 Å². The van der Waals surface area contributed by atoms with Crippen LogP contribution in [0.25, 0.3) is 5.69 Å². The number of amides is 1. The highest BCUT2D eigenvalue weighted by atomic mass is 35.5. The first-order valence-corrected chi connectivity index (χ1v) is 12.6. The number of benzene rings is 2. The predicted octanol–water partition coefficient (Wildman–Crippen LogP) is 6.36. The molecule has 182 valence electrons. The van der Waals surface area contributed by atoms with Crippen molar-refractivity contribution in [1.29, 1.82) is 0 Å². The Bertz CT molecular complexity index is 1420. The van der Waals surface area contributed by atoms with Crippen LogP contribution in [0.15, 0.2) is 85.2 Å². The quantitative estimate of drug-likeness (QED) is 0.292. The molecule has 0 radical (unpaired) electrons. The molecule has 36 heavy (non-hydrogen) atoms. The van der Waals surface area contributed by atoms with E-state index in [1.54, 1.807) is 6.20 Å². The van der Waals surface area contributed by atoms with Gasteiger partial charge in [0.1, 0.15) is 6.04 Å². The van der Waals surface area contributed by atoms with E-state index in [0.29, 0.717) is 16.6 Å². The van der Waals surface area contributed by atoms with E-state index >= 15 is 0 Å². The third kappa shape index (κ3) is 4.59. The van der Waals surface area contributed by atoms with Gasteiger partial charge in [-0.3, -0.25) is 9.78 Å². The highest BCUT2D eigenvalue weighted by molar-refractivity contribution is 7.80. The zero-order valence-corrected chi connectivity index (χ0v) is 21.6. The molecule has 2 aromatic heterocycles. The van der Waals surface area contributed by atoms with Gasteiger partial charge in [0.15, 0.2) is 5.11 Å². The number of aryl methyl sites for hydroxylation is 1. The summed E-state index contributed by atoms with van der Waals surface area (Å²) in [6.45, 7) is 3.83. The monoisotopic (exact) mass is 515 g/mol. The summed E-state index contributed by atoms with van der Waals surface area (Å²) in [5.74, 6) is -0.0170. The molecule has 0 spiro atoms. The maximum absolute atomic E-state index is 12.0. The average molecular weight is 516 g/mol. The van der Waals surface area contributed by atoms with Crippen molar-refractivity contribution in [2.24, 2.45) is 0 Å². The van der Waals surface area contributed by atoms with Crippen LogP contribution in [0.2, 0.25) is 5.02 Å². The molecular formula is C28H26ClN5OS. The molecule has 1 aliphatic heterocycles. The van der Waals surface area contributed by atoms with Crippen LogP contribution in [0.1, 0.15) is 42.4 Å². The largest absolute Gasteiger partial charge is 0.351 e. The summed E-state index contributed by atoms with van der Waals surface area (Å²) in [6, 6.07) is 23.4. The third-order valence-electron chi connectivity index (χ3n) is 6.35. The number of halogens is 1. The Kier molecular flexibility index (Phi) is 6.76. The summed E-state index contributed by atoms with van der Waals surface area (Å²) in [5, 5.41) is 7.76. The van der Waals surface area contributed by atoms with Crippen molar-refractivity contribution >= 4 is 46.2 Å². The SMILES string of the molecule is CCC(=O)Nc1ccc(N2C(=S)N[C@@H](c3ccccn3)[C@H]2c2cccn2-c2cccc(Cl)c2)cc1C. The van der Waals surface area contributed by atoms with E-state index in [-0.39, 0.29) is 18.0 Å². The van der Waals surface area contributed by atoms with E-state index in [2.05, 4.69) is 37.2 Å². The van der Waals surface area contributed by atoms with Crippen molar-refractivity contribution < 1.29 is 4.79 Å². The van der Waals surface area contributed by atoms with Gasteiger partial charge in [0.2, 0.25) is 5.91 Å². The van der Waals surface area contributed by atoms with Gasteiger partial charge in [-0.05, 0) is 85.4 Å². The van der Waals surface area contributed by atoms with E-state index in [1.807, 2.05) is 80.7 Å². The van der Waals surface area contributed by atoms with Gasteiger partial charge in [-0.25, -0.2) is 0 Å². The van der Waals surface area contributed by atoms with Crippen molar-refractivity contribution in [2.45, 2.75) is 32.4 Å². The van der Waals surface area contributed by atoms with Crippen molar-refractivity contribution in [3.05, 3.63) is 107 Å². The first-order chi connectivity index (χ1) is 17.5. The lowest BCUT2D eigenvalue weighted by molar-refractivity contribution is -0.115. The van der Waals surface area contributed by atoms with Crippen LogP contribution < -0.4 is 15.5 Å². The lowest BCUT2D eigenvalue weighted by Crippen LogP contribution is -2.30. The van der Waals surface area contributed by atoms with E-state index in [0.717, 1.165) is 34.0 Å². The summed E-state index contributed by atoms with van der Waals surface area (Å²) in [5.41, 5.74) is 5.60. The van der Waals surface area contributed by atoms with E-state index in [9.17, 15) is 4.79 Å². The zero-order valence-electron chi connectivity index (χ0n) is 20.0. The normalized spacial score (nSPS) is 17.2. The van der Waals surface area contributed by atoms with Crippen LogP contribution in [-0.4, -0.2) is 20.6 Å². The second kappa shape index (κ2) is 10.1. The molecule has 2 N–H and O–H groups in total. The molecule has 5 rings (SSSR count). The lowest BCUT2D eigenvalue weighted by atomic mass is 10.00. The van der Waals surface area contributed by atoms with Crippen molar-refractivity contribution in [1.82, 2.24) is 14.9 Å². The van der Waals surface area contributed by atoms with E-state index in [1.165, 1.54) is 0 Å². The Balaban J connectivity index is 1.62. The topological polar surface area (TPSA) is 62.2 Å². The molecule has 0 aliphatic carbocycles. The van der Waals surface area contributed by atoms with Gasteiger partial charge < -0.3 is 20.1 Å². The molecule has 3 heterocycles. The minimum atomic E-state index is -0.183. The van der Waals surface area contributed by atoms with Gasteiger partial charge >= 0.3 is 0 Å². The molecule has 0 saturated carbocycles. The number of nitrogens with one attached hydrogen (secondary N) is 2. The second-order valence-corrected chi connectivity index (χ2v) is 9.50. The second-order valence-electron chi connectivity index (χ2n) is 8.68. The standard InChI is InChI=1S/C28H26ClN5OS/c1-3-25(35)31-22-13-12-21(16-18(22)2)34-27(26(32-28(34)36)23-10-4-5-14-30-23)24-11-7-15-33(24)20-9-6-8-19(29)17-20/h4-17,26-27H,3H2,1-2H3,(H,31,35)(H,32,36)/t26-,27+/m0/s1. The van der Waals surface area contributed by atoms with Crippen molar-refractivity contribution in [3.63, 3.8) is 0 Å². The number of carbonyl (C=O) groups excluding carboxylic acids is 1. The van der Waals surface area contributed by atoms with Gasteiger partial charge in [0, 0.05) is 46.6 Å². The molecule has 0 unspecified atom stereocenters. The molecule has 1 amide bonds. The highest BCUT2D eigenvalue weighted by Crippen LogP contribution is 2.43.